The van der Waals surface area contributed by atoms with Gasteiger partial charge in [-0.1, -0.05) is 17.3 Å². The molecule has 0 unspecified atom stereocenters. The fourth-order valence-electron chi connectivity index (χ4n) is 2.78. The van der Waals surface area contributed by atoms with Crippen LogP contribution in [0.25, 0.3) is 0 Å². The monoisotopic (exact) mass is 348 g/mol. The Morgan fingerprint density at radius 1 is 1.40 bits per heavy atom. The second-order valence-corrected chi connectivity index (χ2v) is 6.04. The number of halogens is 1. The number of benzene rings is 1. The summed E-state index contributed by atoms with van der Waals surface area (Å²) in [5.74, 6) is 0.783. The number of piperazine rings is 1. The molecular formula is C17H21FN4O3. The Labute approximate surface area is 145 Å². The molecule has 0 radical (unpaired) electrons. The summed E-state index contributed by atoms with van der Waals surface area (Å²) in [5, 5.41) is 3.82. The summed E-state index contributed by atoms with van der Waals surface area (Å²) in [6, 6.07) is 6.04. The summed E-state index contributed by atoms with van der Waals surface area (Å²) >= 11 is 0. The van der Waals surface area contributed by atoms with E-state index >= 15 is 0 Å². The molecule has 7 nitrogen and oxygen atoms in total. The van der Waals surface area contributed by atoms with Gasteiger partial charge in [-0.2, -0.15) is 4.98 Å². The molecule has 2 aromatic rings. The number of aryl methyl sites for hydroxylation is 1. The fourth-order valence-corrected chi connectivity index (χ4v) is 2.78. The molecule has 25 heavy (non-hydrogen) atoms. The third-order valence-electron chi connectivity index (χ3n) is 4.24. The third kappa shape index (κ3) is 4.14. The molecule has 0 aliphatic carbocycles. The van der Waals surface area contributed by atoms with E-state index in [1.165, 1.54) is 6.07 Å². The van der Waals surface area contributed by atoms with Crippen LogP contribution in [0.3, 0.4) is 0 Å². The van der Waals surface area contributed by atoms with E-state index in [9.17, 15) is 9.18 Å². The highest BCUT2D eigenvalue weighted by Gasteiger charge is 2.31. The van der Waals surface area contributed by atoms with Crippen molar-refractivity contribution in [3.05, 3.63) is 41.8 Å². The van der Waals surface area contributed by atoms with Gasteiger partial charge in [-0.3, -0.25) is 9.69 Å². The smallest absolute Gasteiger partial charge is 0.245 e. The number of hydrogen-bond donors (Lipinski definition) is 0. The number of aromatic nitrogens is 2. The highest BCUT2D eigenvalue weighted by molar-refractivity contribution is 5.76. The number of likely N-dealkylation sites (N-methyl/N-ethyl adjacent to an activating group) is 1. The molecule has 1 aromatic carbocycles. The zero-order valence-electron chi connectivity index (χ0n) is 14.3. The van der Waals surface area contributed by atoms with Crippen molar-refractivity contribution in [3.8, 4) is 5.75 Å². The highest BCUT2D eigenvalue weighted by Crippen LogP contribution is 2.23. The topological polar surface area (TPSA) is 71.7 Å². The Balaban J connectivity index is 1.54. The first kappa shape index (κ1) is 17.3. The van der Waals surface area contributed by atoms with Crippen LogP contribution < -0.4 is 4.74 Å². The van der Waals surface area contributed by atoms with Gasteiger partial charge < -0.3 is 14.2 Å². The van der Waals surface area contributed by atoms with Crippen molar-refractivity contribution in [3.63, 3.8) is 0 Å². The number of hydrogen-bond acceptors (Lipinski definition) is 6. The average molecular weight is 348 g/mol. The first-order valence-electron chi connectivity index (χ1n) is 8.20. The van der Waals surface area contributed by atoms with Gasteiger partial charge >= 0.3 is 0 Å². The number of carbonyl (C=O) groups excluding carboxylic acids is 1. The van der Waals surface area contributed by atoms with Crippen LogP contribution in [0.2, 0.25) is 0 Å². The first-order valence-corrected chi connectivity index (χ1v) is 8.20. The predicted molar refractivity (Wildman–Crippen MR) is 87.5 cm³/mol. The number of para-hydroxylation sites is 1. The lowest BCUT2D eigenvalue weighted by atomic mass is 10.1. The molecule has 134 valence electrons. The van der Waals surface area contributed by atoms with Gasteiger partial charge in [-0.05, 0) is 26.1 Å². The van der Waals surface area contributed by atoms with Crippen LogP contribution >= 0.6 is 0 Å². The SMILES string of the molecule is Cc1noc([C@@H]2CN(C(=O)CCOc3ccccc3F)CCN2C)n1. The number of rotatable bonds is 5. The second kappa shape index (κ2) is 7.60. The van der Waals surface area contributed by atoms with Crippen molar-refractivity contribution in [2.24, 2.45) is 0 Å². The largest absolute Gasteiger partial charge is 0.490 e. The molecule has 8 heteroatoms. The van der Waals surface area contributed by atoms with Crippen molar-refractivity contribution in [2.75, 3.05) is 33.3 Å². The Morgan fingerprint density at radius 2 is 2.20 bits per heavy atom. The van der Waals surface area contributed by atoms with E-state index in [-0.39, 0.29) is 30.7 Å². The second-order valence-electron chi connectivity index (χ2n) is 6.04. The number of nitrogens with zero attached hydrogens (tertiary/aromatic N) is 4. The maximum absolute atomic E-state index is 13.5. The number of amides is 1. The molecular weight excluding hydrogens is 327 g/mol. The molecule has 0 bridgehead atoms. The van der Waals surface area contributed by atoms with Crippen LogP contribution in [0.15, 0.2) is 28.8 Å². The summed E-state index contributed by atoms with van der Waals surface area (Å²) in [5.41, 5.74) is 0. The van der Waals surface area contributed by atoms with Crippen LogP contribution in [0.4, 0.5) is 4.39 Å². The van der Waals surface area contributed by atoms with Crippen molar-refractivity contribution >= 4 is 5.91 Å². The fraction of sp³-hybridized carbons (Fsp3) is 0.471. The maximum Gasteiger partial charge on any atom is 0.245 e. The van der Waals surface area contributed by atoms with Gasteiger partial charge in [0.15, 0.2) is 17.4 Å². The molecule has 1 atom stereocenters. The molecule has 0 saturated carbocycles. The number of ether oxygens (including phenoxy) is 1. The third-order valence-corrected chi connectivity index (χ3v) is 4.24. The summed E-state index contributed by atoms with van der Waals surface area (Å²) in [6.45, 7) is 3.72. The molecule has 1 aliphatic heterocycles. The van der Waals surface area contributed by atoms with Crippen molar-refractivity contribution < 1.29 is 18.4 Å². The molecule has 1 fully saturated rings. The standard InChI is InChI=1S/C17H21FN4O3/c1-12-19-17(25-20-12)14-11-22(9-8-21(14)2)16(23)7-10-24-15-6-4-3-5-13(15)18/h3-6,14H,7-11H2,1-2H3/t14-/m0/s1. The molecule has 1 saturated heterocycles. The van der Waals surface area contributed by atoms with E-state index in [1.807, 2.05) is 7.05 Å². The zero-order valence-corrected chi connectivity index (χ0v) is 14.3. The lowest BCUT2D eigenvalue weighted by Gasteiger charge is -2.37. The summed E-state index contributed by atoms with van der Waals surface area (Å²) in [4.78, 5) is 20.5. The van der Waals surface area contributed by atoms with Crippen LogP contribution in [0, 0.1) is 12.7 Å². The maximum atomic E-state index is 13.5. The molecule has 2 heterocycles. The molecule has 0 N–H and O–H groups in total. The lowest BCUT2D eigenvalue weighted by molar-refractivity contribution is -0.134. The van der Waals surface area contributed by atoms with E-state index in [0.29, 0.717) is 31.3 Å². The van der Waals surface area contributed by atoms with Crippen molar-refractivity contribution in [2.45, 2.75) is 19.4 Å². The number of carbonyl (C=O) groups is 1. The average Bonchev–Trinajstić information content (AvgIpc) is 3.03. The van der Waals surface area contributed by atoms with Crippen LogP contribution in [0.5, 0.6) is 5.75 Å². The summed E-state index contributed by atoms with van der Waals surface area (Å²) < 4.78 is 24.1. The van der Waals surface area contributed by atoms with E-state index < -0.39 is 5.82 Å². The van der Waals surface area contributed by atoms with Crippen molar-refractivity contribution in [1.82, 2.24) is 19.9 Å². The molecule has 1 amide bonds. The predicted octanol–water partition coefficient (Wildman–Crippen LogP) is 1.80. The van der Waals surface area contributed by atoms with Gasteiger partial charge in [0.25, 0.3) is 0 Å². The van der Waals surface area contributed by atoms with E-state index in [0.717, 1.165) is 0 Å². The summed E-state index contributed by atoms with van der Waals surface area (Å²) in [7, 11) is 1.97. The van der Waals surface area contributed by atoms with Gasteiger partial charge in [-0.25, -0.2) is 4.39 Å². The van der Waals surface area contributed by atoms with Crippen LogP contribution in [0.1, 0.15) is 24.2 Å². The Hall–Kier alpha value is -2.48. The Kier molecular flexibility index (Phi) is 5.28. The minimum atomic E-state index is -0.429. The van der Waals surface area contributed by atoms with E-state index in [2.05, 4.69) is 15.0 Å². The highest BCUT2D eigenvalue weighted by atomic mass is 19.1. The quantitative estimate of drug-likeness (QED) is 0.820. The molecule has 3 rings (SSSR count). The van der Waals surface area contributed by atoms with Gasteiger partial charge in [-0.15, -0.1) is 0 Å². The molecule has 0 spiro atoms. The Bertz CT molecular complexity index is 736. The molecule has 1 aliphatic rings. The van der Waals surface area contributed by atoms with E-state index in [4.69, 9.17) is 9.26 Å². The van der Waals surface area contributed by atoms with Gasteiger partial charge in [0.2, 0.25) is 11.8 Å². The van der Waals surface area contributed by atoms with Gasteiger partial charge in [0.05, 0.1) is 13.0 Å². The van der Waals surface area contributed by atoms with Gasteiger partial charge in [0.1, 0.15) is 6.04 Å². The van der Waals surface area contributed by atoms with E-state index in [1.54, 1.807) is 30.0 Å². The minimum Gasteiger partial charge on any atom is -0.490 e. The molecule has 1 aromatic heterocycles. The minimum absolute atomic E-state index is 0.0364. The zero-order chi connectivity index (χ0) is 17.8. The van der Waals surface area contributed by atoms with Gasteiger partial charge in [0, 0.05) is 19.6 Å². The van der Waals surface area contributed by atoms with Crippen LogP contribution in [-0.4, -0.2) is 59.1 Å². The first-order chi connectivity index (χ1) is 12.0. The van der Waals surface area contributed by atoms with Crippen molar-refractivity contribution in [1.29, 1.82) is 0 Å². The summed E-state index contributed by atoms with van der Waals surface area (Å²) in [6.07, 6.45) is 0.188. The lowest BCUT2D eigenvalue weighted by Crippen LogP contribution is -2.49. The normalized spacial score (nSPS) is 18.4. The Morgan fingerprint density at radius 3 is 2.92 bits per heavy atom. The van der Waals surface area contributed by atoms with Crippen LogP contribution in [-0.2, 0) is 4.79 Å².